The molecule has 4 rings (SSSR count). The molecule has 0 aliphatic heterocycles. The van der Waals surface area contributed by atoms with E-state index in [0.717, 1.165) is 21.3 Å². The number of thiazole rings is 1. The minimum atomic E-state index is -0.154. The third-order valence-corrected chi connectivity index (χ3v) is 5.77. The van der Waals surface area contributed by atoms with Crippen LogP contribution in [-0.4, -0.2) is 24.6 Å². The molecule has 0 saturated heterocycles. The highest BCUT2D eigenvalue weighted by atomic mass is 32.1. The Morgan fingerprint density at radius 3 is 2.53 bits per heavy atom. The van der Waals surface area contributed by atoms with E-state index in [1.165, 1.54) is 11.3 Å². The van der Waals surface area contributed by atoms with Gasteiger partial charge in [-0.25, -0.2) is 4.98 Å². The molecular weight excluding hydrogens is 396 g/mol. The highest BCUT2D eigenvalue weighted by Crippen LogP contribution is 2.31. The first-order chi connectivity index (χ1) is 14.6. The summed E-state index contributed by atoms with van der Waals surface area (Å²) in [7, 11) is 1.60. The topological polar surface area (TPSA) is 51.7 Å². The van der Waals surface area contributed by atoms with E-state index >= 15 is 0 Å². The van der Waals surface area contributed by atoms with Crippen LogP contribution in [0, 0.1) is 6.92 Å². The van der Waals surface area contributed by atoms with Crippen molar-refractivity contribution in [3.63, 3.8) is 0 Å². The minimum Gasteiger partial charge on any atom is -0.497 e. The molecule has 0 bridgehead atoms. The molecule has 5 nitrogen and oxygen atoms in total. The Morgan fingerprint density at radius 1 is 1.00 bits per heavy atom. The van der Waals surface area contributed by atoms with E-state index in [2.05, 4.69) is 0 Å². The van der Waals surface area contributed by atoms with Gasteiger partial charge in [-0.1, -0.05) is 59.9 Å². The van der Waals surface area contributed by atoms with Crippen LogP contribution in [0.4, 0.5) is 5.13 Å². The van der Waals surface area contributed by atoms with E-state index in [1.54, 1.807) is 24.1 Å². The van der Waals surface area contributed by atoms with Crippen LogP contribution >= 0.6 is 11.3 Å². The Balaban J connectivity index is 1.60. The standard InChI is InChI=1S/C24H22N2O3S/c1-17-8-6-13-21-23(17)25-24(30-21)26(15-18-9-4-3-5-10-18)22(27)16-29-20-12-7-11-19(14-20)28-2/h3-14H,15-16H2,1-2H3. The van der Waals surface area contributed by atoms with Gasteiger partial charge in [-0.05, 0) is 36.2 Å². The fraction of sp³-hybridized carbons (Fsp3) is 0.167. The van der Waals surface area contributed by atoms with Gasteiger partial charge in [0.05, 0.1) is 23.9 Å². The molecule has 0 radical (unpaired) electrons. The highest BCUT2D eigenvalue weighted by molar-refractivity contribution is 7.22. The van der Waals surface area contributed by atoms with Gasteiger partial charge in [0.15, 0.2) is 11.7 Å². The van der Waals surface area contributed by atoms with E-state index in [4.69, 9.17) is 14.5 Å². The molecule has 6 heteroatoms. The van der Waals surface area contributed by atoms with Crippen LogP contribution in [0.3, 0.4) is 0 Å². The summed E-state index contributed by atoms with van der Waals surface area (Å²) >= 11 is 1.51. The van der Waals surface area contributed by atoms with Crippen molar-refractivity contribution in [1.82, 2.24) is 4.98 Å². The van der Waals surface area contributed by atoms with Crippen LogP contribution in [0.5, 0.6) is 11.5 Å². The lowest BCUT2D eigenvalue weighted by molar-refractivity contribution is -0.120. The van der Waals surface area contributed by atoms with Crippen molar-refractivity contribution in [2.24, 2.45) is 0 Å². The molecule has 4 aromatic rings. The fourth-order valence-corrected chi connectivity index (χ4v) is 4.19. The maximum atomic E-state index is 13.2. The predicted molar refractivity (Wildman–Crippen MR) is 120 cm³/mol. The molecule has 1 heterocycles. The fourth-order valence-electron chi connectivity index (χ4n) is 3.13. The van der Waals surface area contributed by atoms with Crippen LogP contribution in [0.2, 0.25) is 0 Å². The third-order valence-electron chi connectivity index (χ3n) is 4.73. The zero-order valence-corrected chi connectivity index (χ0v) is 17.7. The van der Waals surface area contributed by atoms with Gasteiger partial charge in [0.25, 0.3) is 5.91 Å². The summed E-state index contributed by atoms with van der Waals surface area (Å²) in [6.07, 6.45) is 0. The van der Waals surface area contributed by atoms with Gasteiger partial charge >= 0.3 is 0 Å². The molecule has 3 aromatic carbocycles. The van der Waals surface area contributed by atoms with Gasteiger partial charge in [-0.3, -0.25) is 9.69 Å². The van der Waals surface area contributed by atoms with Crippen LogP contribution < -0.4 is 14.4 Å². The monoisotopic (exact) mass is 418 g/mol. The molecule has 0 aliphatic carbocycles. The van der Waals surface area contributed by atoms with E-state index < -0.39 is 0 Å². The Kier molecular flexibility index (Phi) is 5.95. The number of carbonyl (C=O) groups is 1. The largest absolute Gasteiger partial charge is 0.497 e. The summed E-state index contributed by atoms with van der Waals surface area (Å²) in [5, 5.41) is 0.669. The summed E-state index contributed by atoms with van der Waals surface area (Å²) in [5.41, 5.74) is 3.05. The summed E-state index contributed by atoms with van der Waals surface area (Å²) in [4.78, 5) is 19.6. The molecule has 0 atom stereocenters. The first kappa shape index (κ1) is 19.9. The summed E-state index contributed by atoms with van der Waals surface area (Å²) in [6.45, 7) is 2.37. The Morgan fingerprint density at radius 2 is 1.77 bits per heavy atom. The van der Waals surface area contributed by atoms with E-state index in [-0.39, 0.29) is 12.5 Å². The van der Waals surface area contributed by atoms with Crippen molar-refractivity contribution in [1.29, 1.82) is 0 Å². The number of aromatic nitrogens is 1. The van der Waals surface area contributed by atoms with E-state index in [9.17, 15) is 4.79 Å². The number of fused-ring (bicyclic) bond motifs is 1. The minimum absolute atomic E-state index is 0.0884. The molecule has 0 unspecified atom stereocenters. The number of nitrogens with zero attached hydrogens (tertiary/aromatic N) is 2. The highest BCUT2D eigenvalue weighted by Gasteiger charge is 2.21. The van der Waals surface area contributed by atoms with Crippen molar-refractivity contribution >= 4 is 32.6 Å². The van der Waals surface area contributed by atoms with Crippen molar-refractivity contribution in [3.05, 3.63) is 83.9 Å². The average molecular weight is 419 g/mol. The Hall–Kier alpha value is -3.38. The molecule has 0 spiro atoms. The first-order valence-corrected chi connectivity index (χ1v) is 10.4. The normalized spacial score (nSPS) is 10.7. The lowest BCUT2D eigenvalue weighted by Gasteiger charge is -2.20. The summed E-state index contributed by atoms with van der Waals surface area (Å²) < 4.78 is 12.0. The smallest absolute Gasteiger partial charge is 0.267 e. The maximum absolute atomic E-state index is 13.2. The van der Waals surface area contributed by atoms with Crippen molar-refractivity contribution in [3.8, 4) is 11.5 Å². The van der Waals surface area contributed by atoms with E-state index in [1.807, 2.05) is 67.6 Å². The number of aryl methyl sites for hydroxylation is 1. The van der Waals surface area contributed by atoms with Gasteiger partial charge in [0, 0.05) is 6.07 Å². The lowest BCUT2D eigenvalue weighted by atomic mass is 10.2. The zero-order chi connectivity index (χ0) is 20.9. The second-order valence-corrected chi connectivity index (χ2v) is 7.86. The lowest BCUT2D eigenvalue weighted by Crippen LogP contribution is -2.34. The van der Waals surface area contributed by atoms with Gasteiger partial charge in [-0.15, -0.1) is 0 Å². The number of hydrogen-bond acceptors (Lipinski definition) is 5. The molecule has 30 heavy (non-hydrogen) atoms. The van der Waals surface area contributed by atoms with Gasteiger partial charge in [0.1, 0.15) is 11.5 Å². The van der Waals surface area contributed by atoms with Crippen LogP contribution in [0.25, 0.3) is 10.2 Å². The second kappa shape index (κ2) is 8.97. The molecule has 0 aliphatic rings. The summed E-state index contributed by atoms with van der Waals surface area (Å²) in [6, 6.07) is 23.2. The number of hydrogen-bond donors (Lipinski definition) is 0. The number of methoxy groups -OCH3 is 1. The SMILES string of the molecule is COc1cccc(OCC(=O)N(Cc2ccccc2)c2nc3c(C)cccc3s2)c1. The van der Waals surface area contributed by atoms with Crippen molar-refractivity contribution in [2.75, 3.05) is 18.6 Å². The number of ether oxygens (including phenoxy) is 2. The third kappa shape index (κ3) is 4.44. The zero-order valence-electron chi connectivity index (χ0n) is 16.9. The van der Waals surface area contributed by atoms with Gasteiger partial charge < -0.3 is 9.47 Å². The number of benzene rings is 3. The van der Waals surface area contributed by atoms with Gasteiger partial charge in [-0.2, -0.15) is 0 Å². The van der Waals surface area contributed by atoms with Crippen molar-refractivity contribution in [2.45, 2.75) is 13.5 Å². The number of para-hydroxylation sites is 1. The number of anilines is 1. The van der Waals surface area contributed by atoms with Crippen LogP contribution in [-0.2, 0) is 11.3 Å². The molecule has 0 N–H and O–H groups in total. The molecular formula is C24H22N2O3S. The van der Waals surface area contributed by atoms with Crippen LogP contribution in [0.15, 0.2) is 72.8 Å². The van der Waals surface area contributed by atoms with E-state index in [0.29, 0.717) is 23.2 Å². The number of rotatable bonds is 7. The predicted octanol–water partition coefficient (Wildman–Crippen LogP) is 5.23. The van der Waals surface area contributed by atoms with Crippen molar-refractivity contribution < 1.29 is 14.3 Å². The molecule has 152 valence electrons. The number of amides is 1. The van der Waals surface area contributed by atoms with Crippen LogP contribution in [0.1, 0.15) is 11.1 Å². The van der Waals surface area contributed by atoms with Gasteiger partial charge in [0.2, 0.25) is 0 Å². The Bertz CT molecular complexity index is 1160. The maximum Gasteiger partial charge on any atom is 0.267 e. The molecule has 1 amide bonds. The quantitative estimate of drug-likeness (QED) is 0.413. The Labute approximate surface area is 179 Å². The number of carbonyl (C=O) groups excluding carboxylic acids is 1. The average Bonchev–Trinajstić information content (AvgIpc) is 3.22. The molecule has 0 fully saturated rings. The molecule has 0 saturated carbocycles. The summed E-state index contributed by atoms with van der Waals surface area (Å²) in [5.74, 6) is 1.11. The second-order valence-electron chi connectivity index (χ2n) is 6.85. The molecule has 1 aromatic heterocycles. The first-order valence-electron chi connectivity index (χ1n) is 9.61.